The lowest BCUT2D eigenvalue weighted by Gasteiger charge is -2.18. The first-order valence-corrected chi connectivity index (χ1v) is 7.44. The molecule has 0 aromatic heterocycles. The molecule has 1 fully saturated rings. The molecule has 1 aliphatic heterocycles. The number of carboxylic acid groups (broad SMARTS) is 1. The number of sulfonamides is 1. The van der Waals surface area contributed by atoms with Crippen LogP contribution in [-0.4, -0.2) is 32.6 Å². The molecular weight excluding hydrogens is 268 g/mol. The predicted molar refractivity (Wildman–Crippen MR) is 70.3 cm³/mol. The van der Waals surface area contributed by atoms with E-state index in [9.17, 15) is 13.2 Å². The Kier molecular flexibility index (Phi) is 3.51. The third-order valence-electron chi connectivity index (χ3n) is 3.46. The van der Waals surface area contributed by atoms with Crippen LogP contribution in [0.25, 0.3) is 0 Å². The quantitative estimate of drug-likeness (QED) is 0.841. The van der Waals surface area contributed by atoms with Gasteiger partial charge in [0.25, 0.3) is 0 Å². The number of rotatable bonds is 3. The van der Waals surface area contributed by atoms with Gasteiger partial charge in [0.15, 0.2) is 0 Å². The lowest BCUT2D eigenvalue weighted by Crippen LogP contribution is -2.23. The molecule has 0 bridgehead atoms. The summed E-state index contributed by atoms with van der Waals surface area (Å²) >= 11 is 0. The first-order chi connectivity index (χ1) is 8.79. The van der Waals surface area contributed by atoms with Gasteiger partial charge in [0.1, 0.15) is 0 Å². The van der Waals surface area contributed by atoms with Crippen molar-refractivity contribution in [1.82, 2.24) is 0 Å². The Morgan fingerprint density at radius 2 is 1.89 bits per heavy atom. The Hall–Kier alpha value is -1.60. The third kappa shape index (κ3) is 2.87. The largest absolute Gasteiger partial charge is 0.481 e. The van der Waals surface area contributed by atoms with Crippen molar-refractivity contribution in [2.24, 2.45) is 17.0 Å². The summed E-state index contributed by atoms with van der Waals surface area (Å²) in [6.07, 6.45) is 0. The Morgan fingerprint density at radius 1 is 1.32 bits per heavy atom. The molecular formula is C12H16N2O4S. The van der Waals surface area contributed by atoms with Crippen LogP contribution < -0.4 is 10.0 Å². The van der Waals surface area contributed by atoms with Crippen molar-refractivity contribution in [2.75, 3.05) is 18.0 Å². The summed E-state index contributed by atoms with van der Waals surface area (Å²) in [5, 5.41) is 14.1. The number of anilines is 1. The summed E-state index contributed by atoms with van der Waals surface area (Å²) in [6, 6.07) is 6.17. The molecule has 0 aliphatic carbocycles. The number of carboxylic acids is 1. The van der Waals surface area contributed by atoms with Crippen LogP contribution in [0.2, 0.25) is 0 Å². The lowest BCUT2D eigenvalue weighted by atomic mass is 9.99. The molecule has 0 saturated carbocycles. The number of nitrogens with zero attached hydrogens (tertiary/aromatic N) is 1. The molecule has 0 amide bonds. The predicted octanol–water partition coefficient (Wildman–Crippen LogP) is 0.491. The summed E-state index contributed by atoms with van der Waals surface area (Å²) in [4.78, 5) is 13.0. The first-order valence-electron chi connectivity index (χ1n) is 5.89. The van der Waals surface area contributed by atoms with Crippen molar-refractivity contribution in [3.8, 4) is 0 Å². The highest BCUT2D eigenvalue weighted by atomic mass is 32.2. The number of hydrogen-bond acceptors (Lipinski definition) is 4. The van der Waals surface area contributed by atoms with E-state index in [-0.39, 0.29) is 10.8 Å². The molecule has 104 valence electrons. The second-order valence-corrected chi connectivity index (χ2v) is 6.43. The van der Waals surface area contributed by atoms with E-state index in [0.29, 0.717) is 13.1 Å². The Morgan fingerprint density at radius 3 is 2.32 bits per heavy atom. The zero-order chi connectivity index (χ0) is 14.2. The van der Waals surface area contributed by atoms with Crippen molar-refractivity contribution in [2.45, 2.75) is 11.8 Å². The summed E-state index contributed by atoms with van der Waals surface area (Å²) < 4.78 is 22.3. The standard InChI is InChI=1S/C12H16N2O4S/c1-8-6-14(7-11(8)12(15)16)9-2-4-10(5-3-9)19(13,17)18/h2-5,8,11H,6-7H2,1H3,(H,15,16)(H2,13,17,18)/t8-,11-/m1/s1. The highest BCUT2D eigenvalue weighted by molar-refractivity contribution is 7.89. The Balaban J connectivity index is 2.19. The zero-order valence-corrected chi connectivity index (χ0v) is 11.3. The summed E-state index contributed by atoms with van der Waals surface area (Å²) in [5.74, 6) is -1.12. The van der Waals surface area contributed by atoms with E-state index in [1.54, 1.807) is 12.1 Å². The third-order valence-corrected chi connectivity index (χ3v) is 4.39. The van der Waals surface area contributed by atoms with Crippen LogP contribution in [0.5, 0.6) is 0 Å². The maximum absolute atomic E-state index is 11.1. The van der Waals surface area contributed by atoms with Crippen molar-refractivity contribution in [1.29, 1.82) is 0 Å². The van der Waals surface area contributed by atoms with E-state index < -0.39 is 21.9 Å². The van der Waals surface area contributed by atoms with E-state index in [1.165, 1.54) is 12.1 Å². The average molecular weight is 284 g/mol. The maximum Gasteiger partial charge on any atom is 0.308 e. The number of carbonyl (C=O) groups is 1. The number of nitrogens with two attached hydrogens (primary N) is 1. The fourth-order valence-corrected chi connectivity index (χ4v) is 2.86. The molecule has 2 rings (SSSR count). The minimum Gasteiger partial charge on any atom is -0.481 e. The minimum absolute atomic E-state index is 0.0540. The molecule has 6 nitrogen and oxygen atoms in total. The van der Waals surface area contributed by atoms with Crippen LogP contribution in [0.1, 0.15) is 6.92 Å². The van der Waals surface area contributed by atoms with E-state index in [0.717, 1.165) is 5.69 Å². The molecule has 0 spiro atoms. The van der Waals surface area contributed by atoms with Crippen LogP contribution in [0.3, 0.4) is 0 Å². The van der Waals surface area contributed by atoms with Gasteiger partial charge < -0.3 is 10.0 Å². The van der Waals surface area contributed by atoms with E-state index >= 15 is 0 Å². The van der Waals surface area contributed by atoms with Crippen molar-refractivity contribution < 1.29 is 18.3 Å². The number of benzene rings is 1. The molecule has 1 aliphatic rings. The smallest absolute Gasteiger partial charge is 0.308 e. The normalized spacial score (nSPS) is 23.6. The molecule has 1 aromatic carbocycles. The molecule has 1 saturated heterocycles. The van der Waals surface area contributed by atoms with Gasteiger partial charge in [-0.25, -0.2) is 13.6 Å². The monoisotopic (exact) mass is 284 g/mol. The van der Waals surface area contributed by atoms with Crippen molar-refractivity contribution in [3.05, 3.63) is 24.3 Å². The van der Waals surface area contributed by atoms with Gasteiger partial charge in [0, 0.05) is 18.8 Å². The fraction of sp³-hybridized carbons (Fsp3) is 0.417. The first kappa shape index (κ1) is 13.8. The van der Waals surface area contributed by atoms with Gasteiger partial charge in [-0.15, -0.1) is 0 Å². The number of primary sulfonamides is 1. The van der Waals surface area contributed by atoms with E-state index in [2.05, 4.69) is 0 Å². The van der Waals surface area contributed by atoms with Crippen LogP contribution >= 0.6 is 0 Å². The van der Waals surface area contributed by atoms with Crippen LogP contribution in [-0.2, 0) is 14.8 Å². The molecule has 0 unspecified atom stereocenters. The number of hydrogen-bond donors (Lipinski definition) is 2. The van der Waals surface area contributed by atoms with Crippen LogP contribution in [0.4, 0.5) is 5.69 Å². The Bertz CT molecular complexity index is 582. The summed E-state index contributed by atoms with van der Waals surface area (Å²) in [6.45, 7) is 2.98. The topological polar surface area (TPSA) is 101 Å². The average Bonchev–Trinajstić information content (AvgIpc) is 2.70. The molecule has 7 heteroatoms. The molecule has 2 atom stereocenters. The highest BCUT2D eigenvalue weighted by Gasteiger charge is 2.34. The van der Waals surface area contributed by atoms with Gasteiger partial charge in [-0.3, -0.25) is 4.79 Å². The van der Waals surface area contributed by atoms with Gasteiger partial charge >= 0.3 is 5.97 Å². The highest BCUT2D eigenvalue weighted by Crippen LogP contribution is 2.28. The molecule has 0 radical (unpaired) electrons. The van der Waals surface area contributed by atoms with Gasteiger partial charge in [-0.1, -0.05) is 6.92 Å². The minimum atomic E-state index is -3.69. The van der Waals surface area contributed by atoms with E-state index in [1.807, 2.05) is 11.8 Å². The molecule has 1 aromatic rings. The zero-order valence-electron chi connectivity index (χ0n) is 10.5. The Labute approximate surface area is 111 Å². The second-order valence-electron chi connectivity index (χ2n) is 4.87. The van der Waals surface area contributed by atoms with E-state index in [4.69, 9.17) is 10.2 Å². The SMILES string of the molecule is C[C@@H]1CN(c2ccc(S(N)(=O)=O)cc2)C[C@H]1C(=O)O. The lowest BCUT2D eigenvalue weighted by molar-refractivity contribution is -0.142. The van der Waals surface area contributed by atoms with Gasteiger partial charge in [0.05, 0.1) is 10.8 Å². The number of aliphatic carboxylic acids is 1. The van der Waals surface area contributed by atoms with Crippen LogP contribution in [0, 0.1) is 11.8 Å². The van der Waals surface area contributed by atoms with Gasteiger partial charge in [-0.05, 0) is 30.2 Å². The maximum atomic E-state index is 11.1. The fourth-order valence-electron chi connectivity index (χ4n) is 2.35. The van der Waals surface area contributed by atoms with Crippen molar-refractivity contribution >= 4 is 21.7 Å². The molecule has 1 heterocycles. The van der Waals surface area contributed by atoms with Crippen molar-refractivity contribution in [3.63, 3.8) is 0 Å². The van der Waals surface area contributed by atoms with Gasteiger partial charge in [0.2, 0.25) is 10.0 Å². The summed E-state index contributed by atoms with van der Waals surface area (Å²) in [7, 11) is -3.69. The molecule has 19 heavy (non-hydrogen) atoms. The van der Waals surface area contributed by atoms with Gasteiger partial charge in [-0.2, -0.15) is 0 Å². The summed E-state index contributed by atoms with van der Waals surface area (Å²) in [5.41, 5.74) is 0.808. The second kappa shape index (κ2) is 4.82. The van der Waals surface area contributed by atoms with Crippen LogP contribution in [0.15, 0.2) is 29.2 Å². The molecule has 3 N–H and O–H groups in total.